The van der Waals surface area contributed by atoms with E-state index in [1.165, 1.54) is 19.2 Å². The maximum atomic E-state index is 8.19. The van der Waals surface area contributed by atoms with Crippen molar-refractivity contribution in [3.63, 3.8) is 0 Å². The van der Waals surface area contributed by atoms with E-state index in [2.05, 4.69) is 10.0 Å². The van der Waals surface area contributed by atoms with E-state index in [4.69, 9.17) is 33.5 Å². The minimum Gasteiger partial charge on any atom is -0.495 e. The molecule has 0 saturated heterocycles. The van der Waals surface area contributed by atoms with Crippen LogP contribution in [0.25, 0.3) is 10.4 Å². The number of halogens is 2. The lowest BCUT2D eigenvalue weighted by atomic mass is 10.3. The number of azide groups is 1. The Morgan fingerprint density at radius 2 is 2.08 bits per heavy atom. The van der Waals surface area contributed by atoms with Crippen LogP contribution in [-0.4, -0.2) is 7.11 Å². The minimum absolute atomic E-state index is 0.287. The van der Waals surface area contributed by atoms with Crippen LogP contribution in [0.5, 0.6) is 5.75 Å². The van der Waals surface area contributed by atoms with E-state index in [-0.39, 0.29) is 5.69 Å². The topological polar surface area (TPSA) is 58.0 Å². The van der Waals surface area contributed by atoms with Crippen LogP contribution in [-0.2, 0) is 0 Å². The zero-order chi connectivity index (χ0) is 9.84. The first-order valence-electron chi connectivity index (χ1n) is 3.27. The van der Waals surface area contributed by atoms with Gasteiger partial charge in [-0.25, -0.2) is 0 Å². The average Bonchev–Trinajstić information content (AvgIpc) is 2.11. The third kappa shape index (κ3) is 2.18. The first kappa shape index (κ1) is 9.99. The van der Waals surface area contributed by atoms with Gasteiger partial charge in [0, 0.05) is 11.0 Å². The van der Waals surface area contributed by atoms with Crippen molar-refractivity contribution < 1.29 is 4.74 Å². The van der Waals surface area contributed by atoms with Crippen molar-refractivity contribution in [3.8, 4) is 5.75 Å². The Bertz CT molecular complexity index is 374. The molecule has 0 fully saturated rings. The van der Waals surface area contributed by atoms with Crippen LogP contribution in [0.3, 0.4) is 0 Å². The number of hydrogen-bond donors (Lipinski definition) is 0. The zero-order valence-electron chi connectivity index (χ0n) is 6.66. The summed E-state index contributed by atoms with van der Waals surface area (Å²) in [7, 11) is 1.48. The molecule has 0 saturated carbocycles. The van der Waals surface area contributed by atoms with Crippen LogP contribution in [0, 0.1) is 0 Å². The standard InChI is InChI=1S/C7H5Cl2N3O/c1-13-7-3-4(8)6(11-12-10)2-5(7)9/h2-3H,1H3. The highest BCUT2D eigenvalue weighted by atomic mass is 35.5. The van der Waals surface area contributed by atoms with E-state index in [1.807, 2.05) is 0 Å². The zero-order valence-corrected chi connectivity index (χ0v) is 8.17. The SMILES string of the molecule is COc1cc(Cl)c(N=[N+]=[N-])cc1Cl. The highest BCUT2D eigenvalue weighted by Gasteiger charge is 2.05. The Kier molecular flexibility index (Phi) is 3.25. The molecule has 0 aliphatic heterocycles. The fourth-order valence-electron chi connectivity index (χ4n) is 0.799. The van der Waals surface area contributed by atoms with Gasteiger partial charge in [-0.1, -0.05) is 28.3 Å². The van der Waals surface area contributed by atoms with Crippen molar-refractivity contribution in [2.45, 2.75) is 0 Å². The van der Waals surface area contributed by atoms with Crippen molar-refractivity contribution in [2.75, 3.05) is 7.11 Å². The molecule has 0 radical (unpaired) electrons. The highest BCUT2D eigenvalue weighted by Crippen LogP contribution is 2.35. The van der Waals surface area contributed by atoms with Gasteiger partial charge in [-0.05, 0) is 11.6 Å². The van der Waals surface area contributed by atoms with E-state index in [0.29, 0.717) is 15.8 Å². The van der Waals surface area contributed by atoms with Crippen LogP contribution >= 0.6 is 23.2 Å². The summed E-state index contributed by atoms with van der Waals surface area (Å²) < 4.78 is 4.91. The second kappa shape index (κ2) is 4.23. The molecule has 0 aliphatic carbocycles. The molecule has 68 valence electrons. The summed E-state index contributed by atoms with van der Waals surface area (Å²) >= 11 is 11.5. The van der Waals surface area contributed by atoms with Gasteiger partial charge in [-0.3, -0.25) is 0 Å². The van der Waals surface area contributed by atoms with Gasteiger partial charge in [0.2, 0.25) is 0 Å². The van der Waals surface area contributed by atoms with Crippen LogP contribution in [0.15, 0.2) is 17.2 Å². The Labute approximate surface area is 84.7 Å². The van der Waals surface area contributed by atoms with Gasteiger partial charge in [0.25, 0.3) is 0 Å². The summed E-state index contributed by atoms with van der Waals surface area (Å²) in [5.41, 5.74) is 8.47. The fraction of sp³-hybridized carbons (Fsp3) is 0.143. The first-order chi connectivity index (χ1) is 6.19. The molecule has 4 nitrogen and oxygen atoms in total. The minimum atomic E-state index is 0.287. The van der Waals surface area contributed by atoms with Gasteiger partial charge in [0.05, 0.1) is 22.8 Å². The second-order valence-electron chi connectivity index (χ2n) is 2.13. The van der Waals surface area contributed by atoms with Crippen molar-refractivity contribution in [1.29, 1.82) is 0 Å². The Morgan fingerprint density at radius 1 is 1.38 bits per heavy atom. The molecular weight excluding hydrogens is 213 g/mol. The molecule has 6 heteroatoms. The van der Waals surface area contributed by atoms with Crippen LogP contribution in [0.2, 0.25) is 10.0 Å². The lowest BCUT2D eigenvalue weighted by Gasteiger charge is -2.04. The van der Waals surface area contributed by atoms with Crippen molar-refractivity contribution in [3.05, 3.63) is 32.6 Å². The van der Waals surface area contributed by atoms with E-state index in [0.717, 1.165) is 0 Å². The largest absolute Gasteiger partial charge is 0.495 e. The van der Waals surface area contributed by atoms with Crippen LogP contribution < -0.4 is 4.74 Å². The molecule has 1 aromatic rings. The monoisotopic (exact) mass is 217 g/mol. The summed E-state index contributed by atoms with van der Waals surface area (Å²) in [5, 5.41) is 4.01. The quantitative estimate of drug-likeness (QED) is 0.421. The summed E-state index contributed by atoms with van der Waals surface area (Å²) in [6, 6.07) is 2.94. The van der Waals surface area contributed by atoms with Gasteiger partial charge in [0.1, 0.15) is 5.75 Å². The Balaban J connectivity index is 3.27. The van der Waals surface area contributed by atoms with Crippen LogP contribution in [0.1, 0.15) is 0 Å². The molecule has 0 aromatic heterocycles. The van der Waals surface area contributed by atoms with Crippen molar-refractivity contribution in [2.24, 2.45) is 5.11 Å². The molecular formula is C7H5Cl2N3O. The Hall–Kier alpha value is -1.09. The molecule has 0 heterocycles. The molecule has 0 atom stereocenters. The van der Waals surface area contributed by atoms with Crippen molar-refractivity contribution in [1.82, 2.24) is 0 Å². The summed E-state index contributed by atoms with van der Waals surface area (Å²) in [4.78, 5) is 2.60. The molecule has 0 bridgehead atoms. The predicted molar refractivity (Wildman–Crippen MR) is 51.8 cm³/mol. The third-order valence-electron chi connectivity index (χ3n) is 1.37. The van der Waals surface area contributed by atoms with Crippen LogP contribution in [0.4, 0.5) is 5.69 Å². The van der Waals surface area contributed by atoms with Gasteiger partial charge in [-0.15, -0.1) is 0 Å². The van der Waals surface area contributed by atoms with Gasteiger partial charge < -0.3 is 4.74 Å². The van der Waals surface area contributed by atoms with Gasteiger partial charge in [0.15, 0.2) is 0 Å². The molecule has 0 N–H and O–H groups in total. The lowest BCUT2D eigenvalue weighted by Crippen LogP contribution is -1.83. The molecule has 1 aromatic carbocycles. The van der Waals surface area contributed by atoms with E-state index < -0.39 is 0 Å². The Morgan fingerprint density at radius 3 is 2.62 bits per heavy atom. The number of benzene rings is 1. The first-order valence-corrected chi connectivity index (χ1v) is 4.02. The van der Waals surface area contributed by atoms with Gasteiger partial charge in [-0.2, -0.15) is 0 Å². The van der Waals surface area contributed by atoms with E-state index in [1.54, 1.807) is 0 Å². The molecule has 13 heavy (non-hydrogen) atoms. The number of nitrogens with zero attached hydrogens (tertiary/aromatic N) is 3. The second-order valence-corrected chi connectivity index (χ2v) is 2.94. The number of ether oxygens (including phenoxy) is 1. The van der Waals surface area contributed by atoms with E-state index >= 15 is 0 Å². The van der Waals surface area contributed by atoms with E-state index in [9.17, 15) is 0 Å². The molecule has 0 spiro atoms. The van der Waals surface area contributed by atoms with Gasteiger partial charge >= 0.3 is 0 Å². The molecule has 0 amide bonds. The highest BCUT2D eigenvalue weighted by molar-refractivity contribution is 6.36. The van der Waals surface area contributed by atoms with Crippen molar-refractivity contribution >= 4 is 28.9 Å². The smallest absolute Gasteiger partial charge is 0.138 e. The number of rotatable bonds is 2. The lowest BCUT2D eigenvalue weighted by molar-refractivity contribution is 0.415. The summed E-state index contributed by atoms with van der Waals surface area (Å²) in [5.74, 6) is 0.448. The fourth-order valence-corrected chi connectivity index (χ4v) is 1.23. The predicted octanol–water partition coefficient (Wildman–Crippen LogP) is 3.94. The number of methoxy groups -OCH3 is 1. The maximum Gasteiger partial charge on any atom is 0.138 e. The molecule has 0 unspecified atom stereocenters. The molecule has 1 rings (SSSR count). The summed E-state index contributed by atoms with van der Waals surface area (Å²) in [6.45, 7) is 0. The summed E-state index contributed by atoms with van der Waals surface area (Å²) in [6.07, 6.45) is 0. The normalized spacial score (nSPS) is 9.15. The third-order valence-corrected chi connectivity index (χ3v) is 1.97. The average molecular weight is 218 g/mol. The number of hydrogen-bond acceptors (Lipinski definition) is 2. The maximum absolute atomic E-state index is 8.19. The molecule has 0 aliphatic rings.